The van der Waals surface area contributed by atoms with E-state index in [4.69, 9.17) is 52.2 Å². The van der Waals surface area contributed by atoms with E-state index in [0.29, 0.717) is 72.6 Å². The first-order valence-electron chi connectivity index (χ1n) is 19.2. The van der Waals surface area contributed by atoms with Gasteiger partial charge in [0.2, 0.25) is 5.78 Å². The molecule has 0 aliphatic carbocycles. The van der Waals surface area contributed by atoms with Crippen LogP contribution in [-0.2, 0) is 35.0 Å². The fourth-order valence-corrected chi connectivity index (χ4v) is 6.82. The van der Waals surface area contributed by atoms with Crippen LogP contribution in [0, 0.1) is 6.92 Å². The van der Waals surface area contributed by atoms with Crippen LogP contribution < -0.4 is 16.6 Å². The molecule has 1 aliphatic rings. The van der Waals surface area contributed by atoms with E-state index in [1.165, 1.54) is 34.5 Å². The van der Waals surface area contributed by atoms with Gasteiger partial charge >= 0.3 is 23.9 Å². The van der Waals surface area contributed by atoms with Crippen molar-refractivity contribution < 1.29 is 47.7 Å². The number of hydrogen-bond donors (Lipinski definition) is 3. The lowest BCUT2D eigenvalue weighted by Gasteiger charge is -2.16. The molecule has 0 saturated heterocycles. The predicted octanol–water partition coefficient (Wildman–Crippen LogP) is 6.64. The quantitative estimate of drug-likeness (QED) is 0.0535. The average molecular weight is 1010 g/mol. The monoisotopic (exact) mass is 1000 g/mol. The maximum atomic E-state index is 11.5. The maximum Gasteiger partial charge on any atom is 0.337 e. The summed E-state index contributed by atoms with van der Waals surface area (Å²) < 4.78 is 20.2. The molecule has 4 aromatic heterocycles. The molecule has 1 amide bonds. The second kappa shape index (κ2) is 21.7. The number of amides is 1. The van der Waals surface area contributed by atoms with Gasteiger partial charge in [-0.25, -0.2) is 49.9 Å². The van der Waals surface area contributed by atoms with Crippen LogP contribution >= 0.6 is 46.4 Å². The highest BCUT2D eigenvalue weighted by molar-refractivity contribution is 6.42. The number of ketones is 1. The van der Waals surface area contributed by atoms with Gasteiger partial charge in [-0.15, -0.1) is 10.2 Å². The summed E-state index contributed by atoms with van der Waals surface area (Å²) in [6, 6.07) is 19.4. The first-order valence-corrected chi connectivity index (χ1v) is 20.7. The van der Waals surface area contributed by atoms with Gasteiger partial charge in [-0.2, -0.15) is 0 Å². The molecule has 0 radical (unpaired) electrons. The number of aryl methyl sites for hydroxylation is 1. The lowest BCUT2D eigenvalue weighted by Crippen LogP contribution is -2.29. The van der Waals surface area contributed by atoms with Gasteiger partial charge in [0.15, 0.2) is 32.1 Å². The molecule has 0 fully saturated rings. The fraction of sp³-hybridized carbons (Fsp3) is 0.140. The van der Waals surface area contributed by atoms with Gasteiger partial charge in [0.05, 0.1) is 83.8 Å². The van der Waals surface area contributed by atoms with Crippen LogP contribution in [0.15, 0.2) is 72.8 Å². The predicted molar refractivity (Wildman–Crippen MR) is 249 cm³/mol. The van der Waals surface area contributed by atoms with Crippen molar-refractivity contribution in [3.05, 3.63) is 127 Å². The smallest absolute Gasteiger partial charge is 0.337 e. The number of nitrogens with zero attached hydrogens (tertiary/aromatic N) is 8. The van der Waals surface area contributed by atoms with E-state index in [9.17, 15) is 28.8 Å². The minimum atomic E-state index is -0.644. The Labute approximate surface area is 403 Å². The van der Waals surface area contributed by atoms with Crippen molar-refractivity contribution in [2.45, 2.75) is 13.3 Å². The molecule has 25 heteroatoms. The van der Waals surface area contributed by atoms with Crippen molar-refractivity contribution in [3.63, 3.8) is 0 Å². The summed E-state index contributed by atoms with van der Waals surface area (Å²) in [5.41, 5.74) is 9.10. The lowest BCUT2D eigenvalue weighted by atomic mass is 10.00. The zero-order valence-electron chi connectivity index (χ0n) is 35.9. The number of nitrogens with one attached hydrogen (secondary N) is 2. The number of aromatic nitrogens is 8. The number of carbonyl (C=O) groups excluding carboxylic acids is 6. The molecule has 0 unspecified atom stereocenters. The van der Waals surface area contributed by atoms with E-state index in [0.717, 1.165) is 5.52 Å². The number of esters is 4. The topological polar surface area (TPSA) is 284 Å². The van der Waals surface area contributed by atoms with Crippen LogP contribution in [0.4, 0.5) is 11.5 Å². The summed E-state index contributed by atoms with van der Waals surface area (Å²) in [4.78, 5) is 88.1. The number of anilines is 2. The summed E-state index contributed by atoms with van der Waals surface area (Å²) >= 11 is 23.4. The zero-order chi connectivity index (χ0) is 49.4. The minimum absolute atomic E-state index is 0.0720. The summed E-state index contributed by atoms with van der Waals surface area (Å²) in [7, 11) is 5.24. The Bertz CT molecular complexity index is 3340. The van der Waals surface area contributed by atoms with E-state index in [1.807, 2.05) is 6.92 Å². The lowest BCUT2D eigenvalue weighted by molar-refractivity contribution is -0.134. The van der Waals surface area contributed by atoms with Crippen molar-refractivity contribution in [2.24, 2.45) is 5.84 Å². The Morgan fingerprint density at radius 3 is 1.59 bits per heavy atom. The number of Topliss-reactive ketones (excluding diaryl/α,β-unsaturated/α-hetero) is 1. The molecule has 0 atom stereocenters. The van der Waals surface area contributed by atoms with Gasteiger partial charge in [-0.3, -0.25) is 14.0 Å². The Balaban J connectivity index is 0.000000150. The minimum Gasteiger partial charge on any atom is -0.465 e. The van der Waals surface area contributed by atoms with E-state index in [1.54, 1.807) is 71.1 Å². The van der Waals surface area contributed by atoms with Crippen molar-refractivity contribution in [3.8, 4) is 0 Å². The number of rotatable bonds is 5. The molecule has 1 aliphatic heterocycles. The first-order chi connectivity index (χ1) is 32.5. The standard InChI is InChI=1S/C12H9ClN4O2.C11H9NO4.C10H6Cl2N2O2.C10H9ClN4O2/c1-6-15-16-11-10(13)14-8-5-7(12(18)19-2)3-4-9(8)17(6)11;1-16-11(15)7-3-2-6-5-9(13)10(14)12-8(6)4-7;1-16-10(15)5-2-3-6-7(4-5)14-9(12)8(11)13-6;1-17-10(16)5-2-3-6-7(4-5)13-8(11)9(14-6)15-12/h3-5H,1-2H3;2-4H,5H2,1H3,(H,12,14);2-4H,1H3;2-4H,12H2,1H3,(H,14,15). The Morgan fingerprint density at radius 2 is 1.04 bits per heavy atom. The molecule has 4 aromatic carbocycles. The molecule has 4 N–H and O–H groups in total. The molecular formula is C43H33Cl4N11O10. The number of hydrogen-bond acceptors (Lipinski definition) is 19. The summed E-state index contributed by atoms with van der Waals surface area (Å²) in [6.45, 7) is 1.82. The second-order valence-electron chi connectivity index (χ2n) is 13.6. The first kappa shape index (κ1) is 49.7. The molecule has 0 bridgehead atoms. The number of nitrogens with two attached hydrogens (primary N) is 1. The number of fused-ring (bicyclic) bond motifs is 6. The Hall–Kier alpha value is -7.69. The second-order valence-corrected chi connectivity index (χ2v) is 15.1. The van der Waals surface area contributed by atoms with Gasteiger partial charge in [0, 0.05) is 12.1 Å². The molecule has 0 spiro atoms. The molecule has 0 saturated carbocycles. The normalized spacial score (nSPS) is 11.4. The maximum absolute atomic E-state index is 11.5. The fourth-order valence-electron chi connectivity index (χ4n) is 6.15. The third-order valence-corrected chi connectivity index (χ3v) is 10.6. The van der Waals surface area contributed by atoms with E-state index in [2.05, 4.69) is 64.8 Å². The molecule has 348 valence electrons. The van der Waals surface area contributed by atoms with E-state index in [-0.39, 0.29) is 32.9 Å². The molecule has 9 rings (SSSR count). The molecule has 21 nitrogen and oxygen atoms in total. The van der Waals surface area contributed by atoms with Gasteiger partial charge in [-0.05, 0) is 79.2 Å². The van der Waals surface area contributed by atoms with Gasteiger partial charge in [0.1, 0.15) is 5.82 Å². The number of methoxy groups -OCH3 is 4. The van der Waals surface area contributed by atoms with E-state index >= 15 is 0 Å². The van der Waals surface area contributed by atoms with Crippen molar-refractivity contribution in [1.82, 2.24) is 39.5 Å². The number of halogens is 4. The van der Waals surface area contributed by atoms with Crippen molar-refractivity contribution in [1.29, 1.82) is 0 Å². The highest BCUT2D eigenvalue weighted by Crippen LogP contribution is 2.26. The summed E-state index contributed by atoms with van der Waals surface area (Å²) in [5, 5.41) is 11.0. The Morgan fingerprint density at radius 1 is 0.588 bits per heavy atom. The average Bonchev–Trinajstić information content (AvgIpc) is 3.75. The van der Waals surface area contributed by atoms with Crippen LogP contribution in [0.3, 0.4) is 0 Å². The highest BCUT2D eigenvalue weighted by atomic mass is 35.5. The van der Waals surface area contributed by atoms with Crippen LogP contribution in [0.5, 0.6) is 0 Å². The zero-order valence-corrected chi connectivity index (χ0v) is 38.9. The van der Waals surface area contributed by atoms with Crippen LogP contribution in [0.1, 0.15) is 52.8 Å². The molecule has 68 heavy (non-hydrogen) atoms. The highest BCUT2D eigenvalue weighted by Gasteiger charge is 2.24. The van der Waals surface area contributed by atoms with Crippen LogP contribution in [0.25, 0.3) is 38.7 Å². The number of carbonyl (C=O) groups is 6. The van der Waals surface area contributed by atoms with Gasteiger partial charge in [-0.1, -0.05) is 52.5 Å². The Kier molecular flexibility index (Phi) is 15.9. The van der Waals surface area contributed by atoms with Crippen molar-refractivity contribution in [2.75, 3.05) is 39.2 Å². The largest absolute Gasteiger partial charge is 0.465 e. The number of benzene rings is 4. The SMILES string of the molecule is COC(=O)c1ccc2c(c1)NC(=O)C(=O)C2.COC(=O)c1ccc2c(c1)nc(Cl)c1nnc(C)n12.COC(=O)c1ccc2nc(Cl)c(Cl)nc2c1.COC(=O)c1ccc2nc(NN)c(Cl)nc2c1. The van der Waals surface area contributed by atoms with Gasteiger partial charge in [0.25, 0.3) is 5.91 Å². The van der Waals surface area contributed by atoms with Crippen LogP contribution in [0.2, 0.25) is 20.6 Å². The summed E-state index contributed by atoms with van der Waals surface area (Å²) in [5.74, 6) is 3.33. The van der Waals surface area contributed by atoms with E-state index < -0.39 is 35.6 Å². The molecular weight excluding hydrogens is 972 g/mol. The number of ether oxygens (including phenoxy) is 4. The van der Waals surface area contributed by atoms with Gasteiger partial charge < -0.3 is 29.7 Å². The number of nitrogen functional groups attached to an aromatic ring is 1. The molecule has 8 aromatic rings. The third kappa shape index (κ3) is 11.1. The van der Waals surface area contributed by atoms with Crippen LogP contribution in [-0.4, -0.2) is 104 Å². The third-order valence-electron chi connectivity index (χ3n) is 9.43. The van der Waals surface area contributed by atoms with Crippen molar-refractivity contribution >= 4 is 132 Å². The molecule has 5 heterocycles. The summed E-state index contributed by atoms with van der Waals surface area (Å²) in [6.07, 6.45) is 0.0720. The number of hydrazine groups is 1.